The van der Waals surface area contributed by atoms with Crippen molar-refractivity contribution in [3.63, 3.8) is 0 Å². The van der Waals surface area contributed by atoms with Gasteiger partial charge >= 0.3 is 5.97 Å². The largest absolute Gasteiger partial charge is 0.481 e. The summed E-state index contributed by atoms with van der Waals surface area (Å²) >= 11 is 0. The van der Waals surface area contributed by atoms with Crippen LogP contribution in [-0.4, -0.2) is 36.7 Å². The molecule has 2 rings (SSSR count). The molecule has 1 amide bonds. The van der Waals surface area contributed by atoms with E-state index < -0.39 is 5.97 Å². The Morgan fingerprint density at radius 3 is 2.39 bits per heavy atom. The molecule has 0 aromatic heterocycles. The Balaban J connectivity index is 1.87. The Morgan fingerprint density at radius 2 is 1.74 bits per heavy atom. The van der Waals surface area contributed by atoms with Crippen LogP contribution in [0.4, 0.5) is 0 Å². The SMILES string of the molecule is O=C(O)CCCCC(=O)NCC1(c2ccccc2)CCOCC1. The third kappa shape index (κ3) is 5.36. The molecule has 5 nitrogen and oxygen atoms in total. The second-order valence-corrected chi connectivity index (χ2v) is 6.14. The van der Waals surface area contributed by atoms with E-state index in [1.165, 1.54) is 5.56 Å². The highest BCUT2D eigenvalue weighted by Crippen LogP contribution is 2.34. The van der Waals surface area contributed by atoms with Crippen LogP contribution >= 0.6 is 0 Å². The number of carboxylic acid groups (broad SMARTS) is 1. The van der Waals surface area contributed by atoms with Gasteiger partial charge in [0.1, 0.15) is 0 Å². The summed E-state index contributed by atoms with van der Waals surface area (Å²) in [6, 6.07) is 10.3. The van der Waals surface area contributed by atoms with E-state index in [0.717, 1.165) is 12.8 Å². The van der Waals surface area contributed by atoms with Gasteiger partial charge in [-0.2, -0.15) is 0 Å². The zero-order valence-electron chi connectivity index (χ0n) is 13.4. The van der Waals surface area contributed by atoms with Crippen molar-refractivity contribution in [1.82, 2.24) is 5.32 Å². The molecule has 0 bridgehead atoms. The molecule has 0 atom stereocenters. The molecule has 0 saturated carbocycles. The minimum absolute atomic E-state index is 0.00260. The Morgan fingerprint density at radius 1 is 1.09 bits per heavy atom. The molecule has 1 aromatic carbocycles. The standard InChI is InChI=1S/C18H25NO4/c20-16(8-4-5-9-17(21)22)19-14-18(10-12-23-13-11-18)15-6-2-1-3-7-15/h1-3,6-7H,4-5,8-14H2,(H,19,20)(H,21,22). The van der Waals surface area contributed by atoms with Gasteiger partial charge in [-0.05, 0) is 31.2 Å². The van der Waals surface area contributed by atoms with Crippen LogP contribution < -0.4 is 5.32 Å². The number of ether oxygens (including phenoxy) is 1. The van der Waals surface area contributed by atoms with E-state index in [4.69, 9.17) is 9.84 Å². The maximum absolute atomic E-state index is 12.0. The Kier molecular flexibility index (Phi) is 6.59. The summed E-state index contributed by atoms with van der Waals surface area (Å²) in [6.07, 6.45) is 3.46. The molecule has 1 heterocycles. The zero-order valence-corrected chi connectivity index (χ0v) is 13.4. The van der Waals surface area contributed by atoms with Gasteiger partial charge in [0.25, 0.3) is 0 Å². The monoisotopic (exact) mass is 319 g/mol. The first-order valence-corrected chi connectivity index (χ1v) is 8.24. The highest BCUT2D eigenvalue weighted by Gasteiger charge is 2.34. The van der Waals surface area contributed by atoms with Crippen molar-refractivity contribution in [2.24, 2.45) is 0 Å². The van der Waals surface area contributed by atoms with E-state index in [1.807, 2.05) is 18.2 Å². The minimum atomic E-state index is -0.810. The third-order valence-corrected chi connectivity index (χ3v) is 4.50. The molecule has 2 N–H and O–H groups in total. The number of carbonyl (C=O) groups is 2. The summed E-state index contributed by atoms with van der Waals surface area (Å²) in [6.45, 7) is 2.03. The minimum Gasteiger partial charge on any atom is -0.481 e. The third-order valence-electron chi connectivity index (χ3n) is 4.50. The fourth-order valence-corrected chi connectivity index (χ4v) is 3.04. The van der Waals surface area contributed by atoms with Gasteiger partial charge in [-0.15, -0.1) is 0 Å². The molecular weight excluding hydrogens is 294 g/mol. The molecule has 0 aliphatic carbocycles. The number of amides is 1. The lowest BCUT2D eigenvalue weighted by Gasteiger charge is -2.38. The average Bonchev–Trinajstić information content (AvgIpc) is 2.58. The second kappa shape index (κ2) is 8.67. The van der Waals surface area contributed by atoms with Crippen molar-refractivity contribution in [3.8, 4) is 0 Å². The fraction of sp³-hybridized carbons (Fsp3) is 0.556. The van der Waals surface area contributed by atoms with Crippen molar-refractivity contribution < 1.29 is 19.4 Å². The Labute approximate surface area is 137 Å². The lowest BCUT2D eigenvalue weighted by atomic mass is 9.74. The van der Waals surface area contributed by atoms with Gasteiger partial charge in [0.05, 0.1) is 0 Å². The fourth-order valence-electron chi connectivity index (χ4n) is 3.04. The van der Waals surface area contributed by atoms with E-state index in [-0.39, 0.29) is 17.7 Å². The van der Waals surface area contributed by atoms with Crippen molar-refractivity contribution >= 4 is 11.9 Å². The molecule has 1 fully saturated rings. The van der Waals surface area contributed by atoms with Crippen LogP contribution in [0.15, 0.2) is 30.3 Å². The van der Waals surface area contributed by atoms with Crippen molar-refractivity contribution in [2.75, 3.05) is 19.8 Å². The van der Waals surface area contributed by atoms with Crippen LogP contribution in [0.25, 0.3) is 0 Å². The first-order valence-electron chi connectivity index (χ1n) is 8.24. The quantitative estimate of drug-likeness (QED) is 0.722. The Hall–Kier alpha value is -1.88. The number of aliphatic carboxylic acids is 1. The highest BCUT2D eigenvalue weighted by atomic mass is 16.5. The van der Waals surface area contributed by atoms with E-state index in [1.54, 1.807) is 0 Å². The van der Waals surface area contributed by atoms with Crippen LogP contribution in [0.5, 0.6) is 0 Å². The van der Waals surface area contributed by atoms with E-state index in [0.29, 0.717) is 39.0 Å². The molecule has 0 spiro atoms. The van der Waals surface area contributed by atoms with E-state index in [2.05, 4.69) is 17.4 Å². The molecular formula is C18H25NO4. The second-order valence-electron chi connectivity index (χ2n) is 6.14. The molecule has 126 valence electrons. The van der Waals surface area contributed by atoms with Gasteiger partial charge in [-0.25, -0.2) is 0 Å². The number of unbranched alkanes of at least 4 members (excludes halogenated alkanes) is 1. The van der Waals surface area contributed by atoms with Gasteiger partial charge in [0.2, 0.25) is 5.91 Å². The number of rotatable bonds is 8. The van der Waals surface area contributed by atoms with Gasteiger partial charge in [0, 0.05) is 38.0 Å². The maximum atomic E-state index is 12.0. The topological polar surface area (TPSA) is 75.6 Å². The lowest BCUT2D eigenvalue weighted by Crippen LogP contribution is -2.44. The molecule has 1 aliphatic rings. The molecule has 0 radical (unpaired) electrons. The summed E-state index contributed by atoms with van der Waals surface area (Å²) < 4.78 is 5.49. The lowest BCUT2D eigenvalue weighted by molar-refractivity contribution is -0.137. The van der Waals surface area contributed by atoms with Crippen LogP contribution in [0.2, 0.25) is 0 Å². The summed E-state index contributed by atoms with van der Waals surface area (Å²) in [7, 11) is 0. The van der Waals surface area contributed by atoms with Crippen LogP contribution in [0.3, 0.4) is 0 Å². The van der Waals surface area contributed by atoms with E-state index >= 15 is 0 Å². The molecule has 1 aliphatic heterocycles. The number of nitrogens with one attached hydrogen (secondary N) is 1. The average molecular weight is 319 g/mol. The number of benzene rings is 1. The van der Waals surface area contributed by atoms with Gasteiger partial charge < -0.3 is 15.2 Å². The van der Waals surface area contributed by atoms with Gasteiger partial charge in [-0.3, -0.25) is 9.59 Å². The normalized spacial score (nSPS) is 16.7. The number of carboxylic acids is 1. The summed E-state index contributed by atoms with van der Waals surface area (Å²) in [5.74, 6) is -0.812. The predicted molar refractivity (Wildman–Crippen MR) is 87.3 cm³/mol. The number of carbonyl (C=O) groups excluding carboxylic acids is 1. The van der Waals surface area contributed by atoms with Crippen molar-refractivity contribution in [3.05, 3.63) is 35.9 Å². The Bertz CT molecular complexity index is 509. The van der Waals surface area contributed by atoms with Crippen LogP contribution in [0.1, 0.15) is 44.1 Å². The molecule has 0 unspecified atom stereocenters. The summed E-state index contributed by atoms with van der Waals surface area (Å²) in [5.41, 5.74) is 1.19. The number of hydrogen-bond acceptors (Lipinski definition) is 3. The molecule has 1 aromatic rings. The zero-order chi connectivity index (χ0) is 16.5. The van der Waals surface area contributed by atoms with Crippen molar-refractivity contribution in [1.29, 1.82) is 0 Å². The van der Waals surface area contributed by atoms with Crippen LogP contribution in [-0.2, 0) is 19.7 Å². The predicted octanol–water partition coefficient (Wildman–Crippen LogP) is 2.50. The molecule has 1 saturated heterocycles. The highest BCUT2D eigenvalue weighted by molar-refractivity contribution is 5.76. The van der Waals surface area contributed by atoms with E-state index in [9.17, 15) is 9.59 Å². The van der Waals surface area contributed by atoms with Gasteiger partial charge in [-0.1, -0.05) is 30.3 Å². The smallest absolute Gasteiger partial charge is 0.303 e. The first-order chi connectivity index (χ1) is 11.1. The first kappa shape index (κ1) is 17.5. The maximum Gasteiger partial charge on any atom is 0.303 e. The van der Waals surface area contributed by atoms with Gasteiger partial charge in [0.15, 0.2) is 0 Å². The number of hydrogen-bond donors (Lipinski definition) is 2. The van der Waals surface area contributed by atoms with Crippen LogP contribution in [0, 0.1) is 0 Å². The van der Waals surface area contributed by atoms with Crippen molar-refractivity contribution in [2.45, 2.75) is 43.9 Å². The summed E-state index contributed by atoms with van der Waals surface area (Å²) in [4.78, 5) is 22.5. The molecule has 5 heteroatoms. The summed E-state index contributed by atoms with van der Waals surface area (Å²) in [5, 5.41) is 11.6. The molecule has 23 heavy (non-hydrogen) atoms.